The number of hydrogen-bond donors (Lipinski definition) is 1. The lowest BCUT2D eigenvalue weighted by atomic mass is 10.00. The molecule has 1 fully saturated rings. The predicted molar refractivity (Wildman–Crippen MR) is 90.9 cm³/mol. The van der Waals surface area contributed by atoms with Gasteiger partial charge in [-0.1, -0.05) is 30.3 Å². The Labute approximate surface area is 141 Å². The summed E-state index contributed by atoms with van der Waals surface area (Å²) in [5.41, 5.74) is -0.0563. The van der Waals surface area contributed by atoms with Crippen LogP contribution in [0.5, 0.6) is 0 Å². The average molecular weight is 329 g/mol. The minimum absolute atomic E-state index is 0.188. The van der Waals surface area contributed by atoms with E-state index in [0.29, 0.717) is 25.2 Å². The van der Waals surface area contributed by atoms with Crippen molar-refractivity contribution in [1.82, 2.24) is 10.2 Å². The fourth-order valence-corrected chi connectivity index (χ4v) is 3.07. The lowest BCUT2D eigenvalue weighted by molar-refractivity contribution is -0.115. The van der Waals surface area contributed by atoms with E-state index in [9.17, 15) is 9.59 Å². The summed E-state index contributed by atoms with van der Waals surface area (Å²) in [7, 11) is 0. The van der Waals surface area contributed by atoms with E-state index in [1.54, 1.807) is 4.90 Å². The zero-order chi connectivity index (χ0) is 17.4. The van der Waals surface area contributed by atoms with Gasteiger partial charge in [0.05, 0.1) is 6.54 Å². The Hall–Kier alpha value is -2.37. The van der Waals surface area contributed by atoms with Gasteiger partial charge in [-0.25, -0.2) is 9.79 Å². The molecule has 2 heterocycles. The predicted octanol–water partition coefficient (Wildman–Crippen LogP) is 2.33. The van der Waals surface area contributed by atoms with E-state index in [4.69, 9.17) is 4.74 Å². The summed E-state index contributed by atoms with van der Waals surface area (Å²) in [4.78, 5) is 31.0. The number of rotatable bonds is 1. The van der Waals surface area contributed by atoms with Gasteiger partial charge in [-0.05, 0) is 33.6 Å². The highest BCUT2D eigenvalue weighted by Gasteiger charge is 2.44. The molecule has 3 rings (SSSR count). The monoisotopic (exact) mass is 329 g/mol. The topological polar surface area (TPSA) is 71.0 Å². The second-order valence-corrected chi connectivity index (χ2v) is 7.32. The first kappa shape index (κ1) is 16.5. The molecule has 1 N–H and O–H groups in total. The fraction of sp³-hybridized carbons (Fsp3) is 0.500. The van der Waals surface area contributed by atoms with Gasteiger partial charge in [-0.2, -0.15) is 0 Å². The third kappa shape index (κ3) is 3.42. The number of amides is 2. The largest absolute Gasteiger partial charge is 0.444 e. The van der Waals surface area contributed by atoms with Gasteiger partial charge in [0.25, 0.3) is 5.91 Å². The zero-order valence-corrected chi connectivity index (χ0v) is 14.3. The van der Waals surface area contributed by atoms with Gasteiger partial charge in [0.2, 0.25) is 0 Å². The highest BCUT2D eigenvalue weighted by atomic mass is 16.6. The molecule has 1 spiro atoms. The standard InChI is InChI=1S/C18H23N3O3/c1-17(2,3)24-16(23)21-11-7-10-18(12-21)19-14(15(22)20-18)13-8-5-4-6-9-13/h4-6,8-9H,7,10-12H2,1-3H3,(H,20,22). The molecule has 0 bridgehead atoms. The summed E-state index contributed by atoms with van der Waals surface area (Å²) >= 11 is 0. The lowest BCUT2D eigenvalue weighted by Crippen LogP contribution is -2.56. The van der Waals surface area contributed by atoms with E-state index in [1.165, 1.54) is 0 Å². The number of carbonyl (C=O) groups is 2. The Balaban J connectivity index is 1.80. The van der Waals surface area contributed by atoms with Crippen molar-refractivity contribution < 1.29 is 14.3 Å². The molecule has 2 amide bonds. The molecule has 2 aliphatic heterocycles. The summed E-state index contributed by atoms with van der Waals surface area (Å²) in [5, 5.41) is 2.97. The van der Waals surface area contributed by atoms with Gasteiger partial charge < -0.3 is 15.0 Å². The third-order valence-corrected chi connectivity index (χ3v) is 4.06. The molecule has 6 nitrogen and oxygen atoms in total. The van der Waals surface area contributed by atoms with Crippen LogP contribution in [0.2, 0.25) is 0 Å². The smallest absolute Gasteiger partial charge is 0.410 e. The second-order valence-electron chi connectivity index (χ2n) is 7.32. The van der Waals surface area contributed by atoms with Crippen molar-refractivity contribution in [3.63, 3.8) is 0 Å². The molecule has 6 heteroatoms. The summed E-state index contributed by atoms with van der Waals surface area (Å²) < 4.78 is 5.44. The van der Waals surface area contributed by atoms with Crippen molar-refractivity contribution in [3.8, 4) is 0 Å². The molecule has 0 saturated carbocycles. The molecule has 1 unspecified atom stereocenters. The van der Waals surface area contributed by atoms with Gasteiger partial charge in [0, 0.05) is 12.1 Å². The third-order valence-electron chi connectivity index (χ3n) is 4.06. The summed E-state index contributed by atoms with van der Waals surface area (Å²) in [5.74, 6) is -0.188. The minimum atomic E-state index is -0.739. The summed E-state index contributed by atoms with van der Waals surface area (Å²) in [6.45, 7) is 6.47. The normalized spacial score (nSPS) is 23.9. The van der Waals surface area contributed by atoms with Crippen molar-refractivity contribution in [2.24, 2.45) is 4.99 Å². The Kier molecular flexibility index (Phi) is 4.07. The van der Waals surface area contributed by atoms with E-state index < -0.39 is 11.3 Å². The number of benzene rings is 1. The first-order chi connectivity index (χ1) is 11.3. The lowest BCUT2D eigenvalue weighted by Gasteiger charge is -2.38. The minimum Gasteiger partial charge on any atom is -0.444 e. The van der Waals surface area contributed by atoms with E-state index in [2.05, 4.69) is 10.3 Å². The van der Waals surface area contributed by atoms with Gasteiger partial charge in [-0.3, -0.25) is 4.79 Å². The Morgan fingerprint density at radius 3 is 2.67 bits per heavy atom. The van der Waals surface area contributed by atoms with Gasteiger partial charge in [0.1, 0.15) is 11.3 Å². The van der Waals surface area contributed by atoms with Crippen molar-refractivity contribution in [2.45, 2.75) is 44.9 Å². The zero-order valence-electron chi connectivity index (χ0n) is 14.3. The van der Waals surface area contributed by atoms with Crippen LogP contribution in [-0.4, -0.2) is 47.0 Å². The van der Waals surface area contributed by atoms with Crippen LogP contribution in [0.3, 0.4) is 0 Å². The van der Waals surface area contributed by atoms with Gasteiger partial charge in [0.15, 0.2) is 5.66 Å². The number of piperidine rings is 1. The van der Waals surface area contributed by atoms with Crippen LogP contribution in [0.25, 0.3) is 0 Å². The molecule has 1 aromatic rings. The Morgan fingerprint density at radius 2 is 2.00 bits per heavy atom. The SMILES string of the molecule is CC(C)(C)OC(=O)N1CCCC2(C1)N=C(c1ccccc1)C(=O)N2. The van der Waals surface area contributed by atoms with Crippen LogP contribution < -0.4 is 5.32 Å². The molecule has 1 atom stereocenters. The molecule has 0 aromatic heterocycles. The van der Waals surface area contributed by atoms with Crippen molar-refractivity contribution in [3.05, 3.63) is 35.9 Å². The fourth-order valence-electron chi connectivity index (χ4n) is 3.07. The summed E-state index contributed by atoms with van der Waals surface area (Å²) in [6.07, 6.45) is 1.12. The molecule has 24 heavy (non-hydrogen) atoms. The number of ether oxygens (including phenoxy) is 1. The Bertz CT molecular complexity index is 678. The average Bonchev–Trinajstić information content (AvgIpc) is 2.82. The maximum Gasteiger partial charge on any atom is 0.410 e. The van der Waals surface area contributed by atoms with Crippen LogP contribution in [0.4, 0.5) is 4.79 Å². The number of nitrogens with one attached hydrogen (secondary N) is 1. The molecule has 2 aliphatic rings. The highest BCUT2D eigenvalue weighted by molar-refractivity contribution is 6.46. The van der Waals surface area contributed by atoms with Crippen LogP contribution in [0, 0.1) is 0 Å². The van der Waals surface area contributed by atoms with Gasteiger partial charge >= 0.3 is 6.09 Å². The van der Waals surface area contributed by atoms with Crippen LogP contribution >= 0.6 is 0 Å². The van der Waals surface area contributed by atoms with E-state index >= 15 is 0 Å². The number of hydrogen-bond acceptors (Lipinski definition) is 4. The van der Waals surface area contributed by atoms with E-state index in [-0.39, 0.29) is 12.0 Å². The van der Waals surface area contributed by atoms with Gasteiger partial charge in [-0.15, -0.1) is 0 Å². The molecule has 0 aliphatic carbocycles. The molecule has 128 valence electrons. The molecular weight excluding hydrogens is 306 g/mol. The first-order valence-electron chi connectivity index (χ1n) is 8.24. The van der Waals surface area contributed by atoms with Crippen LogP contribution in [0.15, 0.2) is 35.3 Å². The highest BCUT2D eigenvalue weighted by Crippen LogP contribution is 2.28. The molecule has 1 aromatic carbocycles. The van der Waals surface area contributed by atoms with Crippen LogP contribution in [0.1, 0.15) is 39.2 Å². The maximum atomic E-state index is 12.4. The van der Waals surface area contributed by atoms with Crippen molar-refractivity contribution >= 4 is 17.7 Å². The quantitative estimate of drug-likeness (QED) is 0.859. The van der Waals surface area contributed by atoms with E-state index in [0.717, 1.165) is 12.0 Å². The summed E-state index contributed by atoms with van der Waals surface area (Å²) in [6, 6.07) is 9.39. The molecule has 0 radical (unpaired) electrons. The maximum absolute atomic E-state index is 12.4. The van der Waals surface area contributed by atoms with Crippen molar-refractivity contribution in [2.75, 3.05) is 13.1 Å². The number of carbonyl (C=O) groups excluding carboxylic acids is 2. The van der Waals surface area contributed by atoms with Crippen molar-refractivity contribution in [1.29, 1.82) is 0 Å². The molecule has 1 saturated heterocycles. The Morgan fingerprint density at radius 1 is 1.29 bits per heavy atom. The number of likely N-dealkylation sites (tertiary alicyclic amines) is 1. The second kappa shape index (κ2) is 5.92. The van der Waals surface area contributed by atoms with E-state index in [1.807, 2.05) is 51.1 Å². The number of aliphatic imine (C=N–C) groups is 1. The number of nitrogens with zero attached hydrogens (tertiary/aromatic N) is 2. The van der Waals surface area contributed by atoms with Crippen LogP contribution in [-0.2, 0) is 9.53 Å². The first-order valence-corrected chi connectivity index (χ1v) is 8.24. The molecular formula is C18H23N3O3.